The molecular weight excluding hydrogens is 280 g/mol. The van der Waals surface area contributed by atoms with Crippen molar-refractivity contribution >= 4 is 28.8 Å². The third-order valence-corrected chi connectivity index (χ3v) is 3.08. The average Bonchev–Trinajstić information content (AvgIpc) is 2.52. The number of non-ortho nitro benzene ring substituents is 1. The van der Waals surface area contributed by atoms with Crippen molar-refractivity contribution in [3.8, 4) is 0 Å². The maximum Gasteiger partial charge on any atom is 0.269 e. The van der Waals surface area contributed by atoms with Gasteiger partial charge in [0.2, 0.25) is 0 Å². The van der Waals surface area contributed by atoms with Crippen molar-refractivity contribution in [2.45, 2.75) is 0 Å². The van der Waals surface area contributed by atoms with Crippen LogP contribution in [-0.4, -0.2) is 19.0 Å². The SMILES string of the molecule is C=Cc1cc(N(C)C)ccc1N=Nc1ccc([N+](=O)[O-])cc1. The lowest BCUT2D eigenvalue weighted by atomic mass is 10.1. The lowest BCUT2D eigenvalue weighted by molar-refractivity contribution is -0.384. The van der Waals surface area contributed by atoms with E-state index in [0.717, 1.165) is 11.3 Å². The molecule has 112 valence electrons. The van der Waals surface area contributed by atoms with Crippen LogP contribution in [0.3, 0.4) is 0 Å². The lowest BCUT2D eigenvalue weighted by Crippen LogP contribution is -2.08. The molecule has 0 amide bonds. The van der Waals surface area contributed by atoms with Crippen LogP contribution in [0.2, 0.25) is 0 Å². The van der Waals surface area contributed by atoms with Crippen LogP contribution in [-0.2, 0) is 0 Å². The fourth-order valence-corrected chi connectivity index (χ4v) is 1.83. The van der Waals surface area contributed by atoms with Crippen molar-refractivity contribution in [2.75, 3.05) is 19.0 Å². The molecule has 6 heteroatoms. The molecule has 0 spiro atoms. The summed E-state index contributed by atoms with van der Waals surface area (Å²) in [5, 5.41) is 18.9. The molecule has 2 aromatic rings. The predicted octanol–water partition coefficient (Wildman–Crippen LogP) is 4.72. The second-order valence-corrected chi connectivity index (χ2v) is 4.82. The molecule has 0 saturated carbocycles. The molecule has 0 radical (unpaired) electrons. The van der Waals surface area contributed by atoms with Crippen molar-refractivity contribution in [2.24, 2.45) is 10.2 Å². The number of benzene rings is 2. The molecule has 0 aliphatic rings. The van der Waals surface area contributed by atoms with Gasteiger partial charge in [-0.3, -0.25) is 10.1 Å². The molecule has 0 fully saturated rings. The number of azo groups is 1. The van der Waals surface area contributed by atoms with E-state index in [1.807, 2.05) is 37.2 Å². The highest BCUT2D eigenvalue weighted by Crippen LogP contribution is 2.27. The summed E-state index contributed by atoms with van der Waals surface area (Å²) in [5.74, 6) is 0. The van der Waals surface area contributed by atoms with E-state index >= 15 is 0 Å². The van der Waals surface area contributed by atoms with Gasteiger partial charge >= 0.3 is 0 Å². The molecule has 22 heavy (non-hydrogen) atoms. The maximum absolute atomic E-state index is 10.6. The van der Waals surface area contributed by atoms with E-state index in [0.29, 0.717) is 11.4 Å². The van der Waals surface area contributed by atoms with Crippen LogP contribution in [0.15, 0.2) is 59.3 Å². The standard InChI is InChI=1S/C16H16N4O2/c1-4-12-11-15(19(2)3)9-10-16(12)18-17-13-5-7-14(8-6-13)20(21)22/h4-11H,1H2,2-3H3. The predicted molar refractivity (Wildman–Crippen MR) is 88.1 cm³/mol. The van der Waals surface area contributed by atoms with Gasteiger partial charge in [0.05, 0.1) is 16.3 Å². The van der Waals surface area contributed by atoms with Crippen LogP contribution in [0.25, 0.3) is 6.08 Å². The van der Waals surface area contributed by atoms with Gasteiger partial charge in [-0.05, 0) is 30.3 Å². The first kappa shape index (κ1) is 15.4. The summed E-state index contributed by atoms with van der Waals surface area (Å²) in [6, 6.07) is 11.7. The fourth-order valence-electron chi connectivity index (χ4n) is 1.83. The minimum atomic E-state index is -0.448. The van der Waals surface area contributed by atoms with Gasteiger partial charge < -0.3 is 4.90 Å². The smallest absolute Gasteiger partial charge is 0.269 e. The molecule has 0 aliphatic heterocycles. The quantitative estimate of drug-likeness (QED) is 0.455. The Hall–Kier alpha value is -3.02. The molecule has 0 heterocycles. The largest absolute Gasteiger partial charge is 0.378 e. The van der Waals surface area contributed by atoms with Crippen LogP contribution in [0.4, 0.5) is 22.7 Å². The summed E-state index contributed by atoms with van der Waals surface area (Å²) in [6.07, 6.45) is 1.72. The third-order valence-electron chi connectivity index (χ3n) is 3.08. The summed E-state index contributed by atoms with van der Waals surface area (Å²) in [6.45, 7) is 3.78. The van der Waals surface area contributed by atoms with Crippen LogP contribution in [0, 0.1) is 10.1 Å². The second kappa shape index (κ2) is 6.62. The molecule has 2 rings (SSSR count). The van der Waals surface area contributed by atoms with Crippen molar-refractivity contribution < 1.29 is 4.92 Å². The van der Waals surface area contributed by atoms with E-state index in [1.54, 1.807) is 18.2 Å². The van der Waals surface area contributed by atoms with E-state index in [1.165, 1.54) is 12.1 Å². The van der Waals surface area contributed by atoms with Crippen molar-refractivity contribution in [3.63, 3.8) is 0 Å². The monoisotopic (exact) mass is 296 g/mol. The first-order chi connectivity index (χ1) is 10.5. The summed E-state index contributed by atoms with van der Waals surface area (Å²) < 4.78 is 0. The Kier molecular flexibility index (Phi) is 4.63. The van der Waals surface area contributed by atoms with E-state index < -0.39 is 4.92 Å². The highest BCUT2D eigenvalue weighted by Gasteiger charge is 2.04. The third kappa shape index (κ3) is 3.54. The highest BCUT2D eigenvalue weighted by atomic mass is 16.6. The zero-order valence-corrected chi connectivity index (χ0v) is 12.4. The highest BCUT2D eigenvalue weighted by molar-refractivity contribution is 5.68. The van der Waals surface area contributed by atoms with Gasteiger partial charge in [0, 0.05) is 37.5 Å². The summed E-state index contributed by atoms with van der Waals surface area (Å²) in [4.78, 5) is 12.1. The topological polar surface area (TPSA) is 71.1 Å². The molecule has 6 nitrogen and oxygen atoms in total. The van der Waals surface area contributed by atoms with Gasteiger partial charge in [-0.1, -0.05) is 12.7 Å². The molecule has 0 unspecified atom stereocenters. The minimum absolute atomic E-state index is 0.0288. The Morgan fingerprint density at radius 2 is 1.82 bits per heavy atom. The number of rotatable bonds is 5. The van der Waals surface area contributed by atoms with E-state index in [-0.39, 0.29) is 5.69 Å². The van der Waals surface area contributed by atoms with Gasteiger partial charge in [-0.25, -0.2) is 0 Å². The van der Waals surface area contributed by atoms with Gasteiger partial charge in [-0.2, -0.15) is 5.11 Å². The molecule has 0 saturated heterocycles. The maximum atomic E-state index is 10.6. The summed E-state index contributed by atoms with van der Waals surface area (Å²) in [5.41, 5.74) is 3.19. The number of nitrogens with zero attached hydrogens (tertiary/aromatic N) is 4. The first-order valence-corrected chi connectivity index (χ1v) is 6.61. The molecule has 0 atom stereocenters. The molecular formula is C16H16N4O2. The Morgan fingerprint density at radius 3 is 2.36 bits per heavy atom. The van der Waals surface area contributed by atoms with Gasteiger partial charge in [0.15, 0.2) is 0 Å². The van der Waals surface area contributed by atoms with Crippen LogP contribution in [0.1, 0.15) is 5.56 Å². The van der Waals surface area contributed by atoms with Gasteiger partial charge in [0.25, 0.3) is 5.69 Å². The zero-order valence-electron chi connectivity index (χ0n) is 12.4. The zero-order chi connectivity index (χ0) is 16.1. The Balaban J connectivity index is 2.25. The van der Waals surface area contributed by atoms with Crippen molar-refractivity contribution in [3.05, 3.63) is 64.7 Å². The van der Waals surface area contributed by atoms with E-state index in [4.69, 9.17) is 0 Å². The normalized spacial score (nSPS) is 10.6. The number of nitro groups is 1. The number of hydrogen-bond donors (Lipinski definition) is 0. The van der Waals surface area contributed by atoms with Crippen molar-refractivity contribution in [1.82, 2.24) is 0 Å². The van der Waals surface area contributed by atoms with Crippen molar-refractivity contribution in [1.29, 1.82) is 0 Å². The first-order valence-electron chi connectivity index (χ1n) is 6.61. The summed E-state index contributed by atoms with van der Waals surface area (Å²) in [7, 11) is 3.92. The number of hydrogen-bond acceptors (Lipinski definition) is 5. The van der Waals surface area contributed by atoms with Gasteiger partial charge in [0.1, 0.15) is 0 Å². The van der Waals surface area contributed by atoms with Crippen LogP contribution in [0.5, 0.6) is 0 Å². The minimum Gasteiger partial charge on any atom is -0.378 e. The molecule has 0 aliphatic carbocycles. The molecule has 0 aromatic heterocycles. The lowest BCUT2D eigenvalue weighted by Gasteiger charge is -2.13. The molecule has 2 aromatic carbocycles. The Labute approximate surface area is 128 Å². The Morgan fingerprint density at radius 1 is 1.14 bits per heavy atom. The van der Waals surface area contributed by atoms with Gasteiger partial charge in [-0.15, -0.1) is 5.11 Å². The fraction of sp³-hybridized carbons (Fsp3) is 0.125. The summed E-state index contributed by atoms with van der Waals surface area (Å²) >= 11 is 0. The molecule has 0 bridgehead atoms. The van der Waals surface area contributed by atoms with Crippen LogP contribution >= 0.6 is 0 Å². The average molecular weight is 296 g/mol. The number of nitro benzene ring substituents is 1. The van der Waals surface area contributed by atoms with E-state index in [2.05, 4.69) is 16.8 Å². The Bertz CT molecular complexity index is 721. The van der Waals surface area contributed by atoms with Crippen LogP contribution < -0.4 is 4.90 Å². The second-order valence-electron chi connectivity index (χ2n) is 4.82. The molecule has 0 N–H and O–H groups in total. The number of anilines is 1. The van der Waals surface area contributed by atoms with E-state index in [9.17, 15) is 10.1 Å².